The van der Waals surface area contributed by atoms with Crippen molar-refractivity contribution in [3.05, 3.63) is 12.2 Å². The van der Waals surface area contributed by atoms with Crippen molar-refractivity contribution >= 4 is 6.09 Å². The number of hydrogen-bond acceptors (Lipinski definition) is 6. The molecule has 4 fully saturated rings. The molecule has 31 heavy (non-hydrogen) atoms. The SMILES string of the molecule is COC1C(C2(C)O[C@@H]2/C=C/C(C)C)[C@]2(CC[C@H]1OC(=O)N1CCCC1C(C)(C)O)CO2. The van der Waals surface area contributed by atoms with E-state index in [-0.39, 0.29) is 42.0 Å². The number of nitrogens with zero attached hydrogens (tertiary/aromatic N) is 1. The van der Waals surface area contributed by atoms with Gasteiger partial charge in [0, 0.05) is 13.7 Å². The number of carbonyl (C=O) groups is 1. The molecule has 7 atom stereocenters. The predicted molar refractivity (Wildman–Crippen MR) is 116 cm³/mol. The second kappa shape index (κ2) is 8.01. The average Bonchev–Trinajstić information content (AvgIpc) is 3.52. The number of ether oxygens (including phenoxy) is 4. The summed E-state index contributed by atoms with van der Waals surface area (Å²) in [5, 5.41) is 10.5. The molecule has 1 saturated carbocycles. The molecule has 0 aromatic heterocycles. The van der Waals surface area contributed by atoms with Crippen molar-refractivity contribution in [3.8, 4) is 0 Å². The molecule has 0 aromatic rings. The van der Waals surface area contributed by atoms with E-state index in [1.165, 1.54) is 0 Å². The van der Waals surface area contributed by atoms with Gasteiger partial charge in [-0.3, -0.25) is 0 Å². The smallest absolute Gasteiger partial charge is 0.410 e. The molecule has 1 N–H and O–H groups in total. The van der Waals surface area contributed by atoms with Crippen molar-refractivity contribution in [1.82, 2.24) is 4.90 Å². The van der Waals surface area contributed by atoms with Gasteiger partial charge in [-0.2, -0.15) is 0 Å². The van der Waals surface area contributed by atoms with Crippen LogP contribution in [0.5, 0.6) is 0 Å². The van der Waals surface area contributed by atoms with Crippen molar-refractivity contribution in [3.63, 3.8) is 0 Å². The van der Waals surface area contributed by atoms with Gasteiger partial charge in [-0.05, 0) is 52.4 Å². The molecular weight excluding hydrogens is 398 g/mol. The molecule has 1 spiro atoms. The number of allylic oxidation sites excluding steroid dienone is 1. The maximum Gasteiger partial charge on any atom is 0.410 e. The standard InChI is InChI=1S/C24H39NO6/c1-15(2)9-10-18-23(5,31-18)20-19(28-6)16(11-12-24(20)14-29-24)30-21(26)25-13-7-8-17(25)22(3,4)27/h9-10,15-20,27H,7-8,11-14H2,1-6H3/b10-9+/t16-,17?,18-,19?,20?,23?,24+/m1/s1. The minimum atomic E-state index is -0.956. The van der Waals surface area contributed by atoms with Crippen LogP contribution in [0.25, 0.3) is 0 Å². The Morgan fingerprint density at radius 2 is 2.03 bits per heavy atom. The number of rotatable bonds is 6. The summed E-state index contributed by atoms with van der Waals surface area (Å²) in [6.07, 6.45) is 6.48. The summed E-state index contributed by atoms with van der Waals surface area (Å²) in [6.45, 7) is 11.2. The first-order valence-electron chi connectivity index (χ1n) is 11.7. The highest BCUT2D eigenvalue weighted by Gasteiger charge is 2.72. The molecule has 176 valence electrons. The molecule has 1 amide bonds. The molecule has 3 saturated heterocycles. The van der Waals surface area contributed by atoms with Crippen LogP contribution in [0.2, 0.25) is 0 Å². The first kappa shape index (κ1) is 23.0. The normalized spacial score (nSPS) is 42.6. The molecule has 0 radical (unpaired) electrons. The van der Waals surface area contributed by atoms with E-state index in [1.807, 2.05) is 0 Å². The van der Waals surface area contributed by atoms with Crippen molar-refractivity contribution < 1.29 is 28.8 Å². The fourth-order valence-electron chi connectivity index (χ4n) is 5.86. The monoisotopic (exact) mass is 437 g/mol. The van der Waals surface area contributed by atoms with Crippen molar-refractivity contribution in [2.45, 2.75) is 101 Å². The minimum Gasteiger partial charge on any atom is -0.443 e. The average molecular weight is 438 g/mol. The van der Waals surface area contributed by atoms with Crippen molar-refractivity contribution in [2.24, 2.45) is 11.8 Å². The van der Waals surface area contributed by atoms with Gasteiger partial charge in [0.25, 0.3) is 0 Å². The maximum atomic E-state index is 13.1. The van der Waals surface area contributed by atoms with E-state index in [0.29, 0.717) is 25.5 Å². The number of hydrogen-bond donors (Lipinski definition) is 1. The number of likely N-dealkylation sites (tertiary alicyclic amines) is 1. The molecule has 3 aliphatic heterocycles. The van der Waals surface area contributed by atoms with E-state index >= 15 is 0 Å². The lowest BCUT2D eigenvalue weighted by atomic mass is 9.68. The third-order valence-electron chi connectivity index (χ3n) is 7.63. The quantitative estimate of drug-likeness (QED) is 0.507. The van der Waals surface area contributed by atoms with Crippen LogP contribution in [-0.4, -0.2) is 77.5 Å². The Bertz CT molecular complexity index is 711. The summed E-state index contributed by atoms with van der Waals surface area (Å²) in [4.78, 5) is 14.8. The molecule has 4 unspecified atom stereocenters. The van der Waals surface area contributed by atoms with E-state index < -0.39 is 11.2 Å². The summed E-state index contributed by atoms with van der Waals surface area (Å²) in [7, 11) is 1.68. The zero-order valence-electron chi connectivity index (χ0n) is 19.8. The highest BCUT2D eigenvalue weighted by atomic mass is 16.6. The van der Waals surface area contributed by atoms with Crippen molar-refractivity contribution in [2.75, 3.05) is 20.3 Å². The van der Waals surface area contributed by atoms with Crippen LogP contribution in [0, 0.1) is 11.8 Å². The third kappa shape index (κ3) is 4.26. The molecule has 0 bridgehead atoms. The van der Waals surface area contributed by atoms with E-state index in [0.717, 1.165) is 19.3 Å². The Morgan fingerprint density at radius 1 is 1.32 bits per heavy atom. The largest absolute Gasteiger partial charge is 0.443 e. The second-order valence-corrected chi connectivity index (χ2v) is 10.8. The Balaban J connectivity index is 1.49. The summed E-state index contributed by atoms with van der Waals surface area (Å²) in [6, 6.07) is -0.228. The van der Waals surface area contributed by atoms with Gasteiger partial charge in [-0.1, -0.05) is 26.0 Å². The molecule has 1 aliphatic carbocycles. The molecule has 0 aromatic carbocycles. The van der Waals surface area contributed by atoms with E-state index in [1.54, 1.807) is 25.9 Å². The van der Waals surface area contributed by atoms with Gasteiger partial charge in [0.15, 0.2) is 0 Å². The lowest BCUT2D eigenvalue weighted by molar-refractivity contribution is -0.124. The van der Waals surface area contributed by atoms with Gasteiger partial charge in [-0.15, -0.1) is 0 Å². The molecular formula is C24H39NO6. The molecule has 4 aliphatic rings. The summed E-state index contributed by atoms with van der Waals surface area (Å²) in [5.41, 5.74) is -1.60. The van der Waals surface area contributed by atoms with Gasteiger partial charge in [0.1, 0.15) is 29.5 Å². The number of aliphatic hydroxyl groups is 1. The summed E-state index contributed by atoms with van der Waals surface area (Å²) >= 11 is 0. The van der Waals surface area contributed by atoms with Crippen LogP contribution < -0.4 is 0 Å². The van der Waals surface area contributed by atoms with Crippen LogP contribution >= 0.6 is 0 Å². The Kier molecular flexibility index (Phi) is 5.95. The summed E-state index contributed by atoms with van der Waals surface area (Å²) in [5.74, 6) is 0.448. The number of methoxy groups -OCH3 is 1. The van der Waals surface area contributed by atoms with Crippen LogP contribution in [0.1, 0.15) is 60.3 Å². The topological polar surface area (TPSA) is 84.1 Å². The van der Waals surface area contributed by atoms with Gasteiger partial charge in [0.05, 0.1) is 24.2 Å². The van der Waals surface area contributed by atoms with Crippen LogP contribution in [0.4, 0.5) is 4.79 Å². The molecule has 7 nitrogen and oxygen atoms in total. The van der Waals surface area contributed by atoms with E-state index in [9.17, 15) is 9.90 Å². The Morgan fingerprint density at radius 3 is 2.61 bits per heavy atom. The van der Waals surface area contributed by atoms with Gasteiger partial charge in [0.2, 0.25) is 0 Å². The molecule has 7 heteroatoms. The lowest BCUT2D eigenvalue weighted by Crippen LogP contribution is -2.57. The van der Waals surface area contributed by atoms with Crippen molar-refractivity contribution in [1.29, 1.82) is 0 Å². The lowest BCUT2D eigenvalue weighted by Gasteiger charge is -2.43. The first-order chi connectivity index (χ1) is 14.5. The van der Waals surface area contributed by atoms with Crippen LogP contribution in [0.15, 0.2) is 12.2 Å². The van der Waals surface area contributed by atoms with E-state index in [2.05, 4.69) is 32.9 Å². The molecule has 4 rings (SSSR count). The Hall–Kier alpha value is -1.15. The fraction of sp³-hybridized carbons (Fsp3) is 0.875. The zero-order chi connectivity index (χ0) is 22.6. The fourth-order valence-corrected chi connectivity index (χ4v) is 5.86. The van der Waals surface area contributed by atoms with Gasteiger partial charge < -0.3 is 29.0 Å². The third-order valence-corrected chi connectivity index (χ3v) is 7.63. The zero-order valence-corrected chi connectivity index (χ0v) is 19.8. The predicted octanol–water partition coefficient (Wildman–Crippen LogP) is 3.29. The highest BCUT2D eigenvalue weighted by Crippen LogP contribution is 2.59. The summed E-state index contributed by atoms with van der Waals surface area (Å²) < 4.78 is 24.1. The van der Waals surface area contributed by atoms with Gasteiger partial charge >= 0.3 is 6.09 Å². The van der Waals surface area contributed by atoms with Crippen LogP contribution in [-0.2, 0) is 18.9 Å². The number of amides is 1. The first-order valence-corrected chi connectivity index (χ1v) is 11.7. The Labute approximate surface area is 186 Å². The van der Waals surface area contributed by atoms with Crippen LogP contribution in [0.3, 0.4) is 0 Å². The minimum absolute atomic E-state index is 0.0120. The molecule has 3 heterocycles. The second-order valence-electron chi connectivity index (χ2n) is 10.8. The highest BCUT2D eigenvalue weighted by molar-refractivity contribution is 5.69. The van der Waals surface area contributed by atoms with Gasteiger partial charge in [-0.25, -0.2) is 4.79 Å². The van der Waals surface area contributed by atoms with E-state index in [4.69, 9.17) is 18.9 Å². The number of epoxide rings is 2. The number of carbonyl (C=O) groups excluding carboxylic acids is 1. The maximum absolute atomic E-state index is 13.1.